The van der Waals surface area contributed by atoms with E-state index in [2.05, 4.69) is 36.5 Å². The third-order valence-electron chi connectivity index (χ3n) is 2.70. The van der Waals surface area contributed by atoms with Crippen molar-refractivity contribution < 1.29 is 9.53 Å². The lowest BCUT2D eigenvalue weighted by atomic mass is 9.98. The molecule has 0 fully saturated rings. The first kappa shape index (κ1) is 13.7. The molecule has 1 rings (SSSR count). The third kappa shape index (κ3) is 5.50. The molecule has 1 atom stereocenters. The van der Waals surface area contributed by atoms with Crippen LogP contribution in [0.15, 0.2) is 30.3 Å². The Morgan fingerprint density at radius 1 is 1.35 bits per heavy atom. The van der Waals surface area contributed by atoms with Crippen LogP contribution in [-0.4, -0.2) is 25.7 Å². The highest BCUT2D eigenvalue weighted by atomic mass is 16.5. The number of carbonyl (C=O) groups is 1. The van der Waals surface area contributed by atoms with Crippen molar-refractivity contribution in [3.05, 3.63) is 35.9 Å². The normalized spacial score (nSPS) is 12.1. The highest BCUT2D eigenvalue weighted by Gasteiger charge is 2.05. The van der Waals surface area contributed by atoms with E-state index >= 15 is 0 Å². The molecule has 1 N–H and O–H groups in total. The van der Waals surface area contributed by atoms with Crippen molar-refractivity contribution >= 4 is 5.97 Å². The molecule has 1 unspecified atom stereocenters. The summed E-state index contributed by atoms with van der Waals surface area (Å²) in [5.41, 5.74) is 1.34. The summed E-state index contributed by atoms with van der Waals surface area (Å²) in [5, 5.41) is 3.10. The molecule has 0 aromatic heterocycles. The van der Waals surface area contributed by atoms with Gasteiger partial charge in [-0.05, 0) is 31.4 Å². The summed E-state index contributed by atoms with van der Waals surface area (Å²) in [5.74, 6) is 0.325. The van der Waals surface area contributed by atoms with Crippen LogP contribution in [0.25, 0.3) is 0 Å². The summed E-state index contributed by atoms with van der Waals surface area (Å²) < 4.78 is 4.83. The molecule has 3 nitrogen and oxygen atoms in total. The first-order chi connectivity index (χ1) is 8.24. The van der Waals surface area contributed by atoms with E-state index in [4.69, 9.17) is 4.74 Å². The monoisotopic (exact) mass is 235 g/mol. The van der Waals surface area contributed by atoms with Crippen LogP contribution in [0.4, 0.5) is 0 Å². The summed E-state index contributed by atoms with van der Waals surface area (Å²) >= 11 is 0. The fourth-order valence-corrected chi connectivity index (χ4v) is 1.67. The Labute approximate surface area is 103 Å². The molecular formula is C14H21NO2. The van der Waals surface area contributed by atoms with Gasteiger partial charge in [0, 0.05) is 0 Å². The van der Waals surface area contributed by atoms with Gasteiger partial charge in [0.1, 0.15) is 0 Å². The molecule has 0 spiro atoms. The van der Waals surface area contributed by atoms with Gasteiger partial charge >= 0.3 is 5.97 Å². The molecule has 0 aliphatic rings. The molecule has 1 aromatic rings. The van der Waals surface area contributed by atoms with Crippen molar-refractivity contribution in [2.45, 2.75) is 26.2 Å². The van der Waals surface area contributed by atoms with Gasteiger partial charge in [0.2, 0.25) is 0 Å². The zero-order valence-electron chi connectivity index (χ0n) is 10.6. The molecule has 0 bridgehead atoms. The lowest BCUT2D eigenvalue weighted by Crippen LogP contribution is -2.26. The van der Waals surface area contributed by atoms with E-state index in [9.17, 15) is 4.79 Å². The first-order valence-electron chi connectivity index (χ1n) is 6.15. The van der Waals surface area contributed by atoms with Crippen molar-refractivity contribution in [2.24, 2.45) is 0 Å². The van der Waals surface area contributed by atoms with E-state index in [0.717, 1.165) is 13.0 Å². The van der Waals surface area contributed by atoms with E-state index in [1.165, 1.54) is 5.56 Å². The maximum atomic E-state index is 11.1. The van der Waals surface area contributed by atoms with Gasteiger partial charge in [-0.2, -0.15) is 0 Å². The zero-order valence-corrected chi connectivity index (χ0v) is 10.6. The van der Waals surface area contributed by atoms with Crippen molar-refractivity contribution in [1.82, 2.24) is 5.32 Å². The number of hydrogen-bond acceptors (Lipinski definition) is 3. The smallest absolute Gasteiger partial charge is 0.319 e. The minimum absolute atomic E-state index is 0.181. The van der Waals surface area contributed by atoms with Crippen molar-refractivity contribution in [3.8, 4) is 0 Å². The van der Waals surface area contributed by atoms with Crippen LogP contribution in [-0.2, 0) is 9.53 Å². The van der Waals surface area contributed by atoms with E-state index in [0.29, 0.717) is 19.1 Å². The average molecular weight is 235 g/mol. The summed E-state index contributed by atoms with van der Waals surface area (Å²) in [4.78, 5) is 11.1. The number of hydrogen-bond donors (Lipinski definition) is 1. The highest BCUT2D eigenvalue weighted by Crippen LogP contribution is 2.17. The first-order valence-corrected chi connectivity index (χ1v) is 6.15. The Morgan fingerprint density at radius 2 is 2.06 bits per heavy atom. The fraction of sp³-hybridized carbons (Fsp3) is 0.500. The second-order valence-electron chi connectivity index (χ2n) is 4.08. The minimum atomic E-state index is -0.181. The number of esters is 1. The molecule has 0 amide bonds. The highest BCUT2D eigenvalue weighted by molar-refractivity contribution is 5.71. The van der Waals surface area contributed by atoms with Gasteiger partial charge in [0.15, 0.2) is 0 Å². The average Bonchev–Trinajstić information content (AvgIpc) is 2.36. The molecule has 3 heteroatoms. The van der Waals surface area contributed by atoms with Crippen LogP contribution in [0, 0.1) is 0 Å². The summed E-state index contributed by atoms with van der Waals surface area (Å²) in [7, 11) is 0. The molecule has 94 valence electrons. The topological polar surface area (TPSA) is 38.3 Å². The number of ether oxygens (including phenoxy) is 1. The summed E-state index contributed by atoms with van der Waals surface area (Å²) in [6, 6.07) is 10.4. The van der Waals surface area contributed by atoms with Crippen LogP contribution in [0.1, 0.15) is 31.7 Å². The molecule has 0 radical (unpaired) electrons. The summed E-state index contributed by atoms with van der Waals surface area (Å²) in [6.07, 6.45) is 1.02. The van der Waals surface area contributed by atoms with E-state index < -0.39 is 0 Å². The molecule has 0 aliphatic carbocycles. The largest absolute Gasteiger partial charge is 0.465 e. The van der Waals surface area contributed by atoms with Crippen LogP contribution in [0.5, 0.6) is 0 Å². The summed E-state index contributed by atoms with van der Waals surface area (Å²) in [6.45, 7) is 5.59. The van der Waals surface area contributed by atoms with Crippen LogP contribution >= 0.6 is 0 Å². The van der Waals surface area contributed by atoms with Crippen LogP contribution in [0.3, 0.4) is 0 Å². The van der Waals surface area contributed by atoms with Crippen LogP contribution in [0.2, 0.25) is 0 Å². The van der Waals surface area contributed by atoms with Crippen molar-refractivity contribution in [1.29, 1.82) is 0 Å². The Balaban J connectivity index is 2.17. The van der Waals surface area contributed by atoms with Gasteiger partial charge in [-0.25, -0.2) is 0 Å². The van der Waals surface area contributed by atoms with Gasteiger partial charge in [-0.1, -0.05) is 37.3 Å². The molecule has 0 heterocycles. The van der Waals surface area contributed by atoms with Crippen LogP contribution < -0.4 is 5.32 Å². The second-order valence-corrected chi connectivity index (χ2v) is 4.08. The number of benzene rings is 1. The number of nitrogens with one attached hydrogen (secondary N) is 1. The lowest BCUT2D eigenvalue weighted by Gasteiger charge is -2.12. The van der Waals surface area contributed by atoms with Gasteiger partial charge < -0.3 is 10.1 Å². The Kier molecular flexibility index (Phi) is 6.33. The minimum Gasteiger partial charge on any atom is -0.465 e. The maximum absolute atomic E-state index is 11.1. The Bertz CT molecular complexity index is 324. The van der Waals surface area contributed by atoms with Gasteiger partial charge in [-0.3, -0.25) is 4.79 Å². The van der Waals surface area contributed by atoms with Gasteiger partial charge in [0.05, 0.1) is 13.2 Å². The van der Waals surface area contributed by atoms with E-state index in [1.54, 1.807) is 0 Å². The molecule has 0 saturated carbocycles. The maximum Gasteiger partial charge on any atom is 0.319 e. The second kappa shape index (κ2) is 7.85. The van der Waals surface area contributed by atoms with Gasteiger partial charge in [0.25, 0.3) is 0 Å². The third-order valence-corrected chi connectivity index (χ3v) is 2.70. The van der Waals surface area contributed by atoms with Crippen molar-refractivity contribution in [3.63, 3.8) is 0 Å². The SMILES string of the molecule is CCOC(=O)CNCCC(C)c1ccccc1. The number of carbonyl (C=O) groups excluding carboxylic acids is 1. The molecule has 1 aromatic carbocycles. The fourth-order valence-electron chi connectivity index (χ4n) is 1.67. The molecule has 0 aliphatic heterocycles. The Hall–Kier alpha value is -1.35. The van der Waals surface area contributed by atoms with Gasteiger partial charge in [-0.15, -0.1) is 0 Å². The standard InChI is InChI=1S/C14H21NO2/c1-3-17-14(16)11-15-10-9-12(2)13-7-5-4-6-8-13/h4-8,12,15H,3,9-11H2,1-2H3. The lowest BCUT2D eigenvalue weighted by molar-refractivity contribution is -0.141. The molecular weight excluding hydrogens is 214 g/mol. The Morgan fingerprint density at radius 3 is 2.71 bits per heavy atom. The zero-order chi connectivity index (χ0) is 12.5. The predicted molar refractivity (Wildman–Crippen MR) is 69.0 cm³/mol. The quantitative estimate of drug-likeness (QED) is 0.582. The van der Waals surface area contributed by atoms with E-state index in [1.807, 2.05) is 13.0 Å². The molecule has 0 saturated heterocycles. The molecule has 17 heavy (non-hydrogen) atoms. The number of rotatable bonds is 7. The van der Waals surface area contributed by atoms with Crippen molar-refractivity contribution in [2.75, 3.05) is 19.7 Å². The predicted octanol–water partition coefficient (Wildman–Crippen LogP) is 2.33. The van der Waals surface area contributed by atoms with E-state index in [-0.39, 0.29) is 5.97 Å².